The minimum atomic E-state index is 0.307. The molecule has 1 saturated heterocycles. The van der Waals surface area contributed by atoms with Crippen molar-refractivity contribution in [3.05, 3.63) is 48.5 Å². The molecular weight excluding hydrogens is 428 g/mol. The largest absolute Gasteiger partial charge is 0.492 e. The summed E-state index contributed by atoms with van der Waals surface area (Å²) in [5.41, 5.74) is 4.93. The Balaban J connectivity index is 1.46. The number of ether oxygens (including phenoxy) is 1. The first kappa shape index (κ1) is 22.1. The molecule has 0 amide bonds. The second-order valence-corrected chi connectivity index (χ2v) is 8.28. The molecule has 4 aromatic rings. The van der Waals surface area contributed by atoms with E-state index in [0.717, 1.165) is 59.0 Å². The number of fused-ring (bicyclic) bond motifs is 3. The van der Waals surface area contributed by atoms with Crippen molar-refractivity contribution in [2.75, 3.05) is 26.2 Å². The summed E-state index contributed by atoms with van der Waals surface area (Å²) in [5, 5.41) is 9.44. The summed E-state index contributed by atoms with van der Waals surface area (Å²) in [5.74, 6) is 1.88. The first-order valence-corrected chi connectivity index (χ1v) is 11.8. The molecule has 1 fully saturated rings. The maximum absolute atomic E-state index is 5.87. The van der Waals surface area contributed by atoms with Crippen LogP contribution in [0.15, 0.2) is 52.9 Å². The zero-order chi connectivity index (χ0) is 23.5. The van der Waals surface area contributed by atoms with Crippen molar-refractivity contribution in [3.8, 4) is 17.0 Å². The lowest BCUT2D eigenvalue weighted by Crippen LogP contribution is -2.24. The SMILES string of the molecule is C=NN(CCOc1ccc(-c2nc(C3CCCN3CC)n3c2cnc2[nH]ccc23)cc1)/N=C\C. The fourth-order valence-corrected chi connectivity index (χ4v) is 4.77. The van der Waals surface area contributed by atoms with Gasteiger partial charge < -0.3 is 9.72 Å². The van der Waals surface area contributed by atoms with E-state index >= 15 is 0 Å². The summed E-state index contributed by atoms with van der Waals surface area (Å²) < 4.78 is 8.15. The second kappa shape index (κ2) is 9.64. The Kier molecular flexibility index (Phi) is 6.27. The third-order valence-corrected chi connectivity index (χ3v) is 6.37. The summed E-state index contributed by atoms with van der Waals surface area (Å²) in [7, 11) is 0. The standard InChI is InChI=1S/C25H30N8O/c1-4-29-32(26-3)15-16-34-19-10-8-18(9-11-19)23-22-17-28-24-20(12-13-27-24)33(22)25(30-23)21-7-6-14-31(21)5-2/h4,8-13,17,21,27H,3,5-7,14-16H2,1-2H3/b29-4-. The number of H-pyrrole nitrogens is 1. The second-order valence-electron chi connectivity index (χ2n) is 8.28. The topological polar surface area (TPSA) is 86.4 Å². The average molecular weight is 459 g/mol. The average Bonchev–Trinajstić information content (AvgIpc) is 3.61. The number of aromatic amines is 1. The van der Waals surface area contributed by atoms with Crippen molar-refractivity contribution in [2.45, 2.75) is 32.7 Å². The normalized spacial score (nSPS) is 16.7. The van der Waals surface area contributed by atoms with Gasteiger partial charge in [-0.25, -0.2) is 9.97 Å². The Labute approximate surface area is 198 Å². The number of likely N-dealkylation sites (tertiary alicyclic amines) is 1. The molecular formula is C25H30N8O. The molecule has 9 nitrogen and oxygen atoms in total. The molecule has 0 bridgehead atoms. The van der Waals surface area contributed by atoms with Crippen LogP contribution in [0.25, 0.3) is 27.9 Å². The highest BCUT2D eigenvalue weighted by Crippen LogP contribution is 2.36. The van der Waals surface area contributed by atoms with Crippen molar-refractivity contribution in [2.24, 2.45) is 10.2 Å². The molecule has 0 saturated carbocycles. The number of aromatic nitrogens is 4. The highest BCUT2D eigenvalue weighted by atomic mass is 16.5. The highest BCUT2D eigenvalue weighted by molar-refractivity contribution is 5.84. The number of rotatable bonds is 9. The van der Waals surface area contributed by atoms with E-state index in [-0.39, 0.29) is 0 Å². The van der Waals surface area contributed by atoms with Crippen molar-refractivity contribution < 1.29 is 4.74 Å². The van der Waals surface area contributed by atoms with Crippen LogP contribution in [-0.2, 0) is 0 Å². The van der Waals surface area contributed by atoms with Crippen LogP contribution in [0.1, 0.15) is 38.6 Å². The zero-order valence-corrected chi connectivity index (χ0v) is 19.7. The minimum absolute atomic E-state index is 0.307. The molecule has 0 spiro atoms. The summed E-state index contributed by atoms with van der Waals surface area (Å²) in [6, 6.07) is 10.5. The van der Waals surface area contributed by atoms with Gasteiger partial charge in [0.05, 0.1) is 35.5 Å². The Morgan fingerprint density at radius 3 is 2.88 bits per heavy atom. The van der Waals surface area contributed by atoms with Gasteiger partial charge in [-0.3, -0.25) is 9.30 Å². The number of hydrogen-bond donors (Lipinski definition) is 1. The molecule has 3 aromatic heterocycles. The van der Waals surface area contributed by atoms with Crippen LogP contribution in [0.5, 0.6) is 5.75 Å². The van der Waals surface area contributed by atoms with Gasteiger partial charge >= 0.3 is 0 Å². The van der Waals surface area contributed by atoms with E-state index in [4.69, 9.17) is 9.72 Å². The Hall–Kier alpha value is -3.72. The number of hydrazone groups is 2. The van der Waals surface area contributed by atoms with Gasteiger partial charge in [0.1, 0.15) is 18.2 Å². The number of hydrogen-bond acceptors (Lipinski definition) is 7. The van der Waals surface area contributed by atoms with Gasteiger partial charge in [-0.2, -0.15) is 15.3 Å². The molecule has 1 aliphatic heterocycles. The smallest absolute Gasteiger partial charge is 0.154 e. The van der Waals surface area contributed by atoms with Crippen molar-refractivity contribution in [1.29, 1.82) is 0 Å². The summed E-state index contributed by atoms with van der Waals surface area (Å²) in [6.07, 6.45) is 7.85. The van der Waals surface area contributed by atoms with Crippen LogP contribution in [0.2, 0.25) is 0 Å². The van der Waals surface area contributed by atoms with E-state index in [0.29, 0.717) is 19.2 Å². The highest BCUT2D eigenvalue weighted by Gasteiger charge is 2.30. The van der Waals surface area contributed by atoms with Crippen LogP contribution in [0.4, 0.5) is 0 Å². The van der Waals surface area contributed by atoms with E-state index in [2.05, 4.69) is 61.3 Å². The number of benzene rings is 1. The molecule has 34 heavy (non-hydrogen) atoms. The van der Waals surface area contributed by atoms with Crippen LogP contribution in [0.3, 0.4) is 0 Å². The van der Waals surface area contributed by atoms with Gasteiger partial charge in [-0.05, 0) is 63.2 Å². The molecule has 1 aliphatic rings. The van der Waals surface area contributed by atoms with E-state index < -0.39 is 0 Å². The van der Waals surface area contributed by atoms with Gasteiger partial charge in [0.2, 0.25) is 0 Å². The molecule has 1 unspecified atom stereocenters. The van der Waals surface area contributed by atoms with Crippen molar-refractivity contribution >= 4 is 29.6 Å². The molecule has 1 atom stereocenters. The molecule has 5 rings (SSSR count). The first-order chi connectivity index (χ1) is 16.7. The van der Waals surface area contributed by atoms with E-state index in [1.54, 1.807) is 6.21 Å². The Morgan fingerprint density at radius 1 is 1.26 bits per heavy atom. The van der Waals surface area contributed by atoms with Crippen molar-refractivity contribution in [1.82, 2.24) is 29.4 Å². The Bertz CT molecular complexity index is 1310. The monoisotopic (exact) mass is 458 g/mol. The lowest BCUT2D eigenvalue weighted by Gasteiger charge is -2.21. The summed E-state index contributed by atoms with van der Waals surface area (Å²) in [6.45, 7) is 10.7. The van der Waals surface area contributed by atoms with E-state index in [1.165, 1.54) is 11.5 Å². The molecule has 0 aliphatic carbocycles. The van der Waals surface area contributed by atoms with Gasteiger partial charge in [0.25, 0.3) is 0 Å². The van der Waals surface area contributed by atoms with Gasteiger partial charge in [0, 0.05) is 24.7 Å². The van der Waals surface area contributed by atoms with Gasteiger partial charge in [-0.15, -0.1) is 0 Å². The van der Waals surface area contributed by atoms with Gasteiger partial charge in [0.15, 0.2) is 5.65 Å². The molecule has 1 aromatic carbocycles. The zero-order valence-electron chi connectivity index (χ0n) is 19.7. The minimum Gasteiger partial charge on any atom is -0.492 e. The van der Waals surface area contributed by atoms with Crippen LogP contribution >= 0.6 is 0 Å². The number of imidazole rings is 1. The summed E-state index contributed by atoms with van der Waals surface area (Å²) in [4.78, 5) is 15.6. The lowest BCUT2D eigenvalue weighted by molar-refractivity contribution is 0.223. The number of nitrogens with one attached hydrogen (secondary N) is 1. The molecule has 9 heteroatoms. The van der Waals surface area contributed by atoms with E-state index in [9.17, 15) is 0 Å². The first-order valence-electron chi connectivity index (χ1n) is 11.8. The van der Waals surface area contributed by atoms with Crippen molar-refractivity contribution in [3.63, 3.8) is 0 Å². The maximum atomic E-state index is 5.87. The number of nitrogens with zero attached hydrogens (tertiary/aromatic N) is 7. The van der Waals surface area contributed by atoms with Crippen LogP contribution in [-0.4, -0.2) is 68.5 Å². The van der Waals surface area contributed by atoms with Crippen LogP contribution in [0, 0.1) is 0 Å². The molecule has 0 radical (unpaired) electrons. The maximum Gasteiger partial charge on any atom is 0.154 e. The fourth-order valence-electron chi connectivity index (χ4n) is 4.77. The third kappa shape index (κ3) is 4.03. The van der Waals surface area contributed by atoms with E-state index in [1.807, 2.05) is 31.5 Å². The molecule has 176 valence electrons. The quantitative estimate of drug-likeness (QED) is 0.298. The predicted octanol–water partition coefficient (Wildman–Crippen LogP) is 4.34. The Morgan fingerprint density at radius 2 is 2.12 bits per heavy atom. The van der Waals surface area contributed by atoms with Crippen LogP contribution < -0.4 is 4.74 Å². The lowest BCUT2D eigenvalue weighted by atomic mass is 10.1. The van der Waals surface area contributed by atoms with Gasteiger partial charge in [-0.1, -0.05) is 6.92 Å². The molecule has 1 N–H and O–H groups in total. The fraction of sp³-hybridized carbons (Fsp3) is 0.360. The third-order valence-electron chi connectivity index (χ3n) is 6.37. The molecule has 4 heterocycles. The summed E-state index contributed by atoms with van der Waals surface area (Å²) >= 11 is 0. The predicted molar refractivity (Wildman–Crippen MR) is 135 cm³/mol.